The van der Waals surface area contributed by atoms with Gasteiger partial charge in [-0.3, -0.25) is 14.6 Å². The second kappa shape index (κ2) is 12.2. The predicted molar refractivity (Wildman–Crippen MR) is 152 cm³/mol. The Balaban J connectivity index is 1.69. The van der Waals surface area contributed by atoms with E-state index in [0.717, 1.165) is 45.2 Å². The summed E-state index contributed by atoms with van der Waals surface area (Å²) in [6.45, 7) is 2.29. The van der Waals surface area contributed by atoms with Crippen LogP contribution in [0, 0.1) is 5.82 Å². The number of thioether (sulfide) groups is 1. The third-order valence-electron chi connectivity index (χ3n) is 6.35. The molecule has 1 aliphatic rings. The molecule has 0 spiro atoms. The topological polar surface area (TPSA) is 80.8 Å². The molecule has 0 saturated heterocycles. The minimum absolute atomic E-state index is 0.106. The number of pyridine rings is 1. The van der Waals surface area contributed by atoms with Crippen molar-refractivity contribution in [1.82, 2.24) is 15.2 Å². The second-order valence-corrected chi connectivity index (χ2v) is 10.1. The fraction of sp³-hybridized carbons (Fsp3) is 0.233. The van der Waals surface area contributed by atoms with Crippen molar-refractivity contribution in [2.24, 2.45) is 0 Å². The number of halogens is 1. The number of amides is 2. The van der Waals surface area contributed by atoms with E-state index in [2.05, 4.69) is 10.3 Å². The van der Waals surface area contributed by atoms with Crippen LogP contribution in [0.3, 0.4) is 0 Å². The van der Waals surface area contributed by atoms with Crippen LogP contribution < -0.4 is 14.8 Å². The molecule has 1 N–H and O–H groups in total. The van der Waals surface area contributed by atoms with Crippen LogP contribution in [0.1, 0.15) is 35.6 Å². The number of hydrogen-bond acceptors (Lipinski definition) is 6. The van der Waals surface area contributed by atoms with Gasteiger partial charge in [-0.25, -0.2) is 4.39 Å². The minimum Gasteiger partial charge on any atom is -0.495 e. The number of carbonyl (C=O) groups excluding carboxylic acids is 2. The maximum atomic E-state index is 14.3. The van der Waals surface area contributed by atoms with Crippen molar-refractivity contribution in [1.29, 1.82) is 0 Å². The van der Waals surface area contributed by atoms with Crippen molar-refractivity contribution in [3.63, 3.8) is 0 Å². The Hall–Kier alpha value is -4.11. The Morgan fingerprint density at radius 3 is 2.41 bits per heavy atom. The van der Waals surface area contributed by atoms with Gasteiger partial charge in [0.25, 0.3) is 5.24 Å². The van der Waals surface area contributed by atoms with Gasteiger partial charge in [-0.15, -0.1) is 0 Å². The summed E-state index contributed by atoms with van der Waals surface area (Å²) in [5.74, 6) is 0.456. The Labute approximate surface area is 231 Å². The standard InChI is InChI=1S/C30H30FN3O4S/c1-18-23(11-20-12-26(37-4)29(27(13-20)38-5)39-30(36)34(2)3)22-9-8-21(31)14-25(22)24(18)15-28(35)33-17-19-7-6-10-32-16-19/h6-14,16H,15,17H2,1-5H3,(H,33,35)/b23-11-. The first kappa shape index (κ1) is 27.9. The summed E-state index contributed by atoms with van der Waals surface area (Å²) in [4.78, 5) is 31.4. The van der Waals surface area contributed by atoms with Crippen molar-refractivity contribution in [3.05, 3.63) is 88.5 Å². The van der Waals surface area contributed by atoms with Crippen molar-refractivity contribution < 1.29 is 23.5 Å². The third kappa shape index (κ3) is 6.31. The van der Waals surface area contributed by atoms with Crippen LogP contribution in [-0.4, -0.2) is 49.3 Å². The molecular formula is C30H30FN3O4S. The van der Waals surface area contributed by atoms with Gasteiger partial charge in [0, 0.05) is 33.0 Å². The van der Waals surface area contributed by atoms with Crippen LogP contribution in [0.4, 0.5) is 9.18 Å². The van der Waals surface area contributed by atoms with Gasteiger partial charge in [0.2, 0.25) is 5.91 Å². The Bertz CT molecular complexity index is 1440. The molecule has 0 aliphatic heterocycles. The fourth-order valence-electron chi connectivity index (χ4n) is 4.34. The van der Waals surface area contributed by atoms with Gasteiger partial charge < -0.3 is 19.7 Å². The molecule has 4 rings (SSSR count). The van der Waals surface area contributed by atoms with E-state index in [-0.39, 0.29) is 23.4 Å². The highest BCUT2D eigenvalue weighted by Gasteiger charge is 2.26. The molecule has 2 amide bonds. The van der Waals surface area contributed by atoms with Crippen molar-refractivity contribution in [2.45, 2.75) is 24.8 Å². The van der Waals surface area contributed by atoms with E-state index in [1.165, 1.54) is 31.3 Å². The molecule has 0 fully saturated rings. The zero-order valence-electron chi connectivity index (χ0n) is 22.5. The van der Waals surface area contributed by atoms with E-state index in [0.29, 0.717) is 28.5 Å². The molecule has 7 nitrogen and oxygen atoms in total. The smallest absolute Gasteiger partial charge is 0.286 e. The van der Waals surface area contributed by atoms with Crippen molar-refractivity contribution >= 4 is 40.1 Å². The lowest BCUT2D eigenvalue weighted by atomic mass is 10.0. The molecule has 202 valence electrons. The Morgan fingerprint density at radius 2 is 1.79 bits per heavy atom. The third-order valence-corrected chi connectivity index (χ3v) is 7.50. The number of nitrogens with zero attached hydrogens (tertiary/aromatic N) is 2. The lowest BCUT2D eigenvalue weighted by molar-refractivity contribution is -0.120. The SMILES string of the molecule is COc1cc(/C=C2/C(C)=C(CC(=O)NCc3cccnc3)c3cc(F)ccc32)cc(OC)c1SC(=O)N(C)C. The van der Waals surface area contributed by atoms with Gasteiger partial charge in [-0.2, -0.15) is 0 Å². The van der Waals surface area contributed by atoms with Crippen LogP contribution in [0.25, 0.3) is 17.2 Å². The molecule has 2 aromatic carbocycles. The van der Waals surface area contributed by atoms with Gasteiger partial charge in [-0.1, -0.05) is 12.1 Å². The van der Waals surface area contributed by atoms with Gasteiger partial charge in [0.05, 0.1) is 20.6 Å². The Kier molecular flexibility index (Phi) is 8.71. The summed E-state index contributed by atoms with van der Waals surface area (Å²) in [5, 5.41) is 2.77. The summed E-state index contributed by atoms with van der Waals surface area (Å²) in [6, 6.07) is 12.0. The zero-order valence-corrected chi connectivity index (χ0v) is 23.3. The molecule has 39 heavy (non-hydrogen) atoms. The number of fused-ring (bicyclic) bond motifs is 1. The summed E-state index contributed by atoms with van der Waals surface area (Å²) in [7, 11) is 6.44. The average molecular weight is 548 g/mol. The van der Waals surface area contributed by atoms with Gasteiger partial charge in [0.15, 0.2) is 0 Å². The first-order chi connectivity index (χ1) is 18.7. The van der Waals surface area contributed by atoms with Gasteiger partial charge in [0.1, 0.15) is 22.2 Å². The molecule has 1 heterocycles. The average Bonchev–Trinajstić information content (AvgIpc) is 3.17. The van der Waals surface area contributed by atoms with Crippen molar-refractivity contribution in [3.8, 4) is 11.5 Å². The highest BCUT2D eigenvalue weighted by Crippen LogP contribution is 2.45. The van der Waals surface area contributed by atoms with E-state index in [1.54, 1.807) is 32.6 Å². The molecule has 9 heteroatoms. The molecule has 0 saturated carbocycles. The quantitative estimate of drug-likeness (QED) is 0.346. The van der Waals surface area contributed by atoms with E-state index in [4.69, 9.17) is 9.47 Å². The molecule has 0 bridgehead atoms. The lowest BCUT2D eigenvalue weighted by Gasteiger charge is -2.16. The van der Waals surface area contributed by atoms with Crippen LogP contribution >= 0.6 is 11.8 Å². The second-order valence-electron chi connectivity index (χ2n) is 9.18. The maximum absolute atomic E-state index is 14.3. The Morgan fingerprint density at radius 1 is 1.08 bits per heavy atom. The highest BCUT2D eigenvalue weighted by atomic mass is 32.2. The van der Waals surface area contributed by atoms with E-state index >= 15 is 0 Å². The highest BCUT2D eigenvalue weighted by molar-refractivity contribution is 8.13. The van der Waals surface area contributed by atoms with E-state index < -0.39 is 0 Å². The fourth-order valence-corrected chi connectivity index (χ4v) is 5.18. The van der Waals surface area contributed by atoms with Crippen molar-refractivity contribution in [2.75, 3.05) is 28.3 Å². The number of rotatable bonds is 8. The van der Waals surface area contributed by atoms with Crippen LogP contribution in [0.5, 0.6) is 11.5 Å². The zero-order chi connectivity index (χ0) is 28.1. The first-order valence-electron chi connectivity index (χ1n) is 12.2. The van der Waals surface area contributed by atoms with Crippen LogP contribution in [0.15, 0.2) is 65.3 Å². The number of benzene rings is 2. The summed E-state index contributed by atoms with van der Waals surface area (Å²) >= 11 is 1.02. The number of methoxy groups -OCH3 is 2. The summed E-state index contributed by atoms with van der Waals surface area (Å²) in [6.07, 6.45) is 5.45. The van der Waals surface area contributed by atoms with E-state index in [9.17, 15) is 14.0 Å². The number of carbonyl (C=O) groups is 2. The number of nitrogens with one attached hydrogen (secondary N) is 1. The monoisotopic (exact) mass is 547 g/mol. The van der Waals surface area contributed by atoms with Gasteiger partial charge >= 0.3 is 0 Å². The molecule has 3 aromatic rings. The number of hydrogen-bond donors (Lipinski definition) is 1. The summed E-state index contributed by atoms with van der Waals surface area (Å²) < 4.78 is 25.5. The van der Waals surface area contributed by atoms with Gasteiger partial charge in [-0.05, 0) is 94.1 Å². The molecule has 1 aromatic heterocycles. The normalized spacial score (nSPS) is 13.3. The van der Waals surface area contributed by atoms with E-state index in [1.807, 2.05) is 37.3 Å². The number of aromatic nitrogens is 1. The first-order valence-corrected chi connectivity index (χ1v) is 13.1. The molecule has 0 atom stereocenters. The maximum Gasteiger partial charge on any atom is 0.286 e. The number of ether oxygens (including phenoxy) is 2. The molecule has 1 aliphatic carbocycles. The lowest BCUT2D eigenvalue weighted by Crippen LogP contribution is -2.22. The van der Waals surface area contributed by atoms with Crippen LogP contribution in [0.2, 0.25) is 0 Å². The minimum atomic E-state index is -0.369. The number of allylic oxidation sites excluding steroid dienone is 2. The van der Waals surface area contributed by atoms with Crippen LogP contribution in [-0.2, 0) is 11.3 Å². The largest absolute Gasteiger partial charge is 0.495 e. The summed E-state index contributed by atoms with van der Waals surface area (Å²) in [5.41, 5.74) is 5.72. The predicted octanol–water partition coefficient (Wildman–Crippen LogP) is 6.05. The molecular weight excluding hydrogens is 517 g/mol. The molecule has 0 radical (unpaired) electrons. The molecule has 0 unspecified atom stereocenters.